The summed E-state index contributed by atoms with van der Waals surface area (Å²) in [5, 5.41) is 0. The molecule has 0 amide bonds. The first kappa shape index (κ1) is 11.3. The molecular weight excluding hydrogens is 250 g/mol. The summed E-state index contributed by atoms with van der Waals surface area (Å²) in [4.78, 5) is 11.3. The standard InChI is InChI=1S/C9H9NO4S2/c1-10-7-4-3-6(16(12,13)14-2)5-8(7)15-9(10)11/h3-5H,1-2H3. The Morgan fingerprint density at radius 1 is 1.38 bits per heavy atom. The average Bonchev–Trinajstić information content (AvgIpc) is 2.54. The van der Waals surface area contributed by atoms with Crippen molar-refractivity contribution in [3.63, 3.8) is 0 Å². The van der Waals surface area contributed by atoms with Crippen LogP contribution in [0.5, 0.6) is 0 Å². The van der Waals surface area contributed by atoms with Crippen molar-refractivity contribution >= 4 is 31.7 Å². The molecule has 16 heavy (non-hydrogen) atoms. The summed E-state index contributed by atoms with van der Waals surface area (Å²) < 4.78 is 29.4. The zero-order valence-corrected chi connectivity index (χ0v) is 10.3. The van der Waals surface area contributed by atoms with E-state index in [1.54, 1.807) is 13.1 Å². The Kier molecular flexibility index (Phi) is 2.61. The van der Waals surface area contributed by atoms with Crippen LogP contribution in [0.15, 0.2) is 27.9 Å². The van der Waals surface area contributed by atoms with Gasteiger partial charge < -0.3 is 4.57 Å². The Balaban J connectivity index is 2.76. The van der Waals surface area contributed by atoms with Crippen molar-refractivity contribution in [3.8, 4) is 0 Å². The number of rotatable bonds is 2. The quantitative estimate of drug-likeness (QED) is 0.753. The summed E-state index contributed by atoms with van der Waals surface area (Å²) >= 11 is 1.01. The summed E-state index contributed by atoms with van der Waals surface area (Å²) in [6, 6.07) is 4.46. The van der Waals surface area contributed by atoms with Gasteiger partial charge in [0.15, 0.2) is 0 Å². The molecule has 0 saturated heterocycles. The van der Waals surface area contributed by atoms with Gasteiger partial charge in [-0.2, -0.15) is 8.42 Å². The molecule has 0 bridgehead atoms. The summed E-state index contributed by atoms with van der Waals surface area (Å²) in [5.74, 6) is 0. The van der Waals surface area contributed by atoms with Crippen LogP contribution in [0.4, 0.5) is 0 Å². The van der Waals surface area contributed by atoms with Crippen molar-refractivity contribution in [3.05, 3.63) is 27.9 Å². The predicted molar refractivity (Wildman–Crippen MR) is 61.3 cm³/mol. The maximum Gasteiger partial charge on any atom is 0.307 e. The molecule has 1 aromatic heterocycles. The molecule has 86 valence electrons. The predicted octanol–water partition coefficient (Wildman–Crippen LogP) is 0.935. The molecule has 0 atom stereocenters. The highest BCUT2D eigenvalue weighted by Crippen LogP contribution is 2.21. The highest BCUT2D eigenvalue weighted by Gasteiger charge is 2.14. The largest absolute Gasteiger partial charge is 0.307 e. The topological polar surface area (TPSA) is 65.4 Å². The van der Waals surface area contributed by atoms with Gasteiger partial charge in [-0.15, -0.1) is 0 Å². The van der Waals surface area contributed by atoms with Crippen molar-refractivity contribution in [2.45, 2.75) is 4.90 Å². The van der Waals surface area contributed by atoms with Gasteiger partial charge in [-0.3, -0.25) is 8.98 Å². The number of thiazole rings is 1. The molecular formula is C9H9NO4S2. The third kappa shape index (κ3) is 1.66. The normalized spacial score (nSPS) is 12.1. The minimum Gasteiger partial charge on any atom is -0.302 e. The van der Waals surface area contributed by atoms with Crippen molar-refractivity contribution in [2.75, 3.05) is 7.11 Å². The summed E-state index contributed by atoms with van der Waals surface area (Å²) in [6.45, 7) is 0. The highest BCUT2D eigenvalue weighted by molar-refractivity contribution is 7.86. The van der Waals surface area contributed by atoms with Crippen LogP contribution in [0, 0.1) is 0 Å². The second kappa shape index (κ2) is 3.69. The molecule has 0 aliphatic rings. The van der Waals surface area contributed by atoms with Crippen LogP contribution in [-0.2, 0) is 21.3 Å². The van der Waals surface area contributed by atoms with Crippen LogP contribution in [0.25, 0.3) is 10.2 Å². The Morgan fingerprint density at radius 3 is 2.69 bits per heavy atom. The second-order valence-corrected chi connectivity index (χ2v) is 5.88. The lowest BCUT2D eigenvalue weighted by Gasteiger charge is -2.01. The van der Waals surface area contributed by atoms with Crippen molar-refractivity contribution < 1.29 is 12.6 Å². The fourth-order valence-corrected chi connectivity index (χ4v) is 3.05. The van der Waals surface area contributed by atoms with Gasteiger partial charge >= 0.3 is 4.87 Å². The summed E-state index contributed by atoms with van der Waals surface area (Å²) in [6.07, 6.45) is 0. The smallest absolute Gasteiger partial charge is 0.302 e. The number of fused-ring (bicyclic) bond motifs is 1. The lowest BCUT2D eigenvalue weighted by atomic mass is 10.3. The number of aryl methyl sites for hydroxylation is 1. The van der Waals surface area contributed by atoms with E-state index >= 15 is 0 Å². The maximum atomic E-state index is 11.4. The molecule has 1 aromatic carbocycles. The molecule has 0 aliphatic heterocycles. The van der Waals surface area contributed by atoms with Crippen molar-refractivity contribution in [1.29, 1.82) is 0 Å². The summed E-state index contributed by atoms with van der Waals surface area (Å²) in [7, 11) is -0.949. The van der Waals surface area contributed by atoms with E-state index in [9.17, 15) is 13.2 Å². The number of hydrogen-bond donors (Lipinski definition) is 0. The monoisotopic (exact) mass is 259 g/mol. The van der Waals surface area contributed by atoms with Crippen LogP contribution in [0.3, 0.4) is 0 Å². The SMILES string of the molecule is COS(=O)(=O)c1ccc2c(c1)sc(=O)n2C. The second-order valence-electron chi connectivity index (χ2n) is 3.18. The molecule has 7 heteroatoms. The van der Waals surface area contributed by atoms with E-state index in [2.05, 4.69) is 4.18 Å². The van der Waals surface area contributed by atoms with E-state index in [1.807, 2.05) is 0 Å². The Labute approximate surface area is 96.0 Å². The van der Waals surface area contributed by atoms with Crippen molar-refractivity contribution in [2.24, 2.45) is 7.05 Å². The van der Waals surface area contributed by atoms with Gasteiger partial charge in [-0.05, 0) is 18.2 Å². The van der Waals surface area contributed by atoms with Gasteiger partial charge in [0, 0.05) is 7.05 Å². The third-order valence-corrected chi connectivity index (χ3v) is 4.54. The number of benzene rings is 1. The lowest BCUT2D eigenvalue weighted by molar-refractivity contribution is 0.398. The first-order valence-electron chi connectivity index (χ1n) is 4.36. The minimum absolute atomic E-state index is 0.0596. The van der Waals surface area contributed by atoms with Gasteiger partial charge in [0.1, 0.15) is 0 Å². The van der Waals surface area contributed by atoms with Gasteiger partial charge in [0.2, 0.25) is 0 Å². The maximum absolute atomic E-state index is 11.4. The Hall–Kier alpha value is -1.18. The van der Waals surface area contributed by atoms with E-state index in [0.29, 0.717) is 10.2 Å². The van der Waals surface area contributed by atoms with E-state index in [-0.39, 0.29) is 9.77 Å². The summed E-state index contributed by atoms with van der Waals surface area (Å²) in [5.41, 5.74) is 0.713. The number of nitrogens with zero attached hydrogens (tertiary/aromatic N) is 1. The molecule has 0 N–H and O–H groups in total. The Bertz CT molecular complexity index is 696. The van der Waals surface area contributed by atoms with Gasteiger partial charge in [0.25, 0.3) is 10.1 Å². The molecule has 0 radical (unpaired) electrons. The van der Waals surface area contributed by atoms with Gasteiger partial charge in [0.05, 0.1) is 22.2 Å². The molecule has 0 saturated carbocycles. The van der Waals surface area contributed by atoms with Crippen molar-refractivity contribution in [1.82, 2.24) is 4.57 Å². The molecule has 0 unspecified atom stereocenters. The minimum atomic E-state index is -3.70. The molecule has 0 spiro atoms. The molecule has 0 fully saturated rings. The lowest BCUT2D eigenvalue weighted by Crippen LogP contribution is -2.06. The third-order valence-electron chi connectivity index (χ3n) is 2.27. The van der Waals surface area contributed by atoms with E-state index < -0.39 is 10.1 Å². The van der Waals surface area contributed by atoms with Crippen LogP contribution in [-0.4, -0.2) is 20.1 Å². The molecule has 5 nitrogen and oxygen atoms in total. The average molecular weight is 259 g/mol. The molecule has 2 rings (SSSR count). The van der Waals surface area contributed by atoms with Crippen LogP contribution in [0.2, 0.25) is 0 Å². The van der Waals surface area contributed by atoms with Crippen LogP contribution < -0.4 is 4.87 Å². The van der Waals surface area contributed by atoms with Crippen LogP contribution in [0.1, 0.15) is 0 Å². The molecule has 2 aromatic rings. The van der Waals surface area contributed by atoms with Crippen LogP contribution >= 0.6 is 11.3 Å². The zero-order valence-electron chi connectivity index (χ0n) is 8.63. The van der Waals surface area contributed by atoms with Gasteiger partial charge in [-0.25, -0.2) is 0 Å². The molecule has 0 aliphatic carbocycles. The zero-order chi connectivity index (χ0) is 11.9. The first-order chi connectivity index (χ1) is 7.45. The first-order valence-corrected chi connectivity index (χ1v) is 6.58. The number of aromatic nitrogens is 1. The van der Waals surface area contributed by atoms with E-state index in [4.69, 9.17) is 0 Å². The molecule has 1 heterocycles. The number of hydrogen-bond acceptors (Lipinski definition) is 5. The highest BCUT2D eigenvalue weighted by atomic mass is 32.2. The van der Waals surface area contributed by atoms with E-state index in [0.717, 1.165) is 18.4 Å². The fourth-order valence-electron chi connectivity index (χ4n) is 1.37. The van der Waals surface area contributed by atoms with E-state index in [1.165, 1.54) is 16.7 Å². The fraction of sp³-hybridized carbons (Fsp3) is 0.222. The Morgan fingerprint density at radius 2 is 2.06 bits per heavy atom. The van der Waals surface area contributed by atoms with Gasteiger partial charge in [-0.1, -0.05) is 11.3 Å².